The summed E-state index contributed by atoms with van der Waals surface area (Å²) in [6.07, 6.45) is 1.66. The highest BCUT2D eigenvalue weighted by Crippen LogP contribution is 2.19. The van der Waals surface area contributed by atoms with Gasteiger partial charge in [-0.1, -0.05) is 23.4 Å². The molecule has 0 bridgehead atoms. The van der Waals surface area contributed by atoms with Crippen LogP contribution in [-0.4, -0.2) is 37.0 Å². The molecule has 0 spiro atoms. The normalized spacial score (nSPS) is 24.5. The predicted molar refractivity (Wildman–Crippen MR) is 74.4 cm³/mol. The molecule has 1 amide bonds. The molecule has 112 valence electrons. The average molecular weight is 292 g/mol. The van der Waals surface area contributed by atoms with Gasteiger partial charge in [0.25, 0.3) is 5.91 Å². The summed E-state index contributed by atoms with van der Waals surface area (Å²) < 4.78 is 19.1. The molecule has 2 unspecified atom stereocenters. The van der Waals surface area contributed by atoms with Crippen LogP contribution in [0.4, 0.5) is 4.39 Å². The van der Waals surface area contributed by atoms with E-state index in [4.69, 9.17) is 9.57 Å². The number of hydrogen-bond donors (Lipinski definition) is 1. The third kappa shape index (κ3) is 3.21. The smallest absolute Gasteiger partial charge is 0.264 e. The number of rotatable bonds is 4. The van der Waals surface area contributed by atoms with E-state index >= 15 is 0 Å². The molecule has 1 saturated heterocycles. The van der Waals surface area contributed by atoms with Crippen LogP contribution in [-0.2, 0) is 14.4 Å². The number of carbonyl (C=O) groups excluding carboxylic acids is 1. The molecule has 0 aromatic heterocycles. The van der Waals surface area contributed by atoms with Crippen LogP contribution < -0.4 is 5.32 Å². The SMILES string of the molecule is O=C(NCC1CCCO1)C1CC(c2ccccc2F)=NO1. The first-order valence-electron chi connectivity index (χ1n) is 7.11. The summed E-state index contributed by atoms with van der Waals surface area (Å²) in [7, 11) is 0. The molecule has 5 nitrogen and oxygen atoms in total. The maximum absolute atomic E-state index is 13.7. The molecule has 1 aromatic rings. The summed E-state index contributed by atoms with van der Waals surface area (Å²) in [5, 5.41) is 6.63. The zero-order chi connectivity index (χ0) is 14.7. The van der Waals surface area contributed by atoms with Crippen molar-refractivity contribution < 1.29 is 18.8 Å². The minimum absolute atomic E-state index is 0.0855. The number of amides is 1. The molecular formula is C15H17FN2O3. The zero-order valence-corrected chi connectivity index (χ0v) is 11.5. The Morgan fingerprint density at radius 3 is 3.05 bits per heavy atom. The van der Waals surface area contributed by atoms with Crippen molar-refractivity contribution in [3.8, 4) is 0 Å². The van der Waals surface area contributed by atoms with Crippen LogP contribution in [0.2, 0.25) is 0 Å². The Balaban J connectivity index is 1.53. The number of oxime groups is 1. The molecule has 0 saturated carbocycles. The van der Waals surface area contributed by atoms with Gasteiger partial charge in [0.1, 0.15) is 5.82 Å². The van der Waals surface area contributed by atoms with Crippen LogP contribution in [0.15, 0.2) is 29.4 Å². The summed E-state index contributed by atoms with van der Waals surface area (Å²) in [5.41, 5.74) is 0.845. The van der Waals surface area contributed by atoms with Gasteiger partial charge in [0.2, 0.25) is 6.10 Å². The van der Waals surface area contributed by atoms with Crippen LogP contribution in [0.5, 0.6) is 0 Å². The minimum atomic E-state index is -0.694. The highest BCUT2D eigenvalue weighted by atomic mass is 19.1. The molecule has 2 atom stereocenters. The second kappa shape index (κ2) is 6.22. The summed E-state index contributed by atoms with van der Waals surface area (Å²) >= 11 is 0. The number of ether oxygens (including phenoxy) is 1. The lowest BCUT2D eigenvalue weighted by Gasteiger charge is -2.13. The van der Waals surface area contributed by atoms with E-state index in [0.717, 1.165) is 19.4 Å². The van der Waals surface area contributed by atoms with Gasteiger partial charge in [-0.05, 0) is 18.9 Å². The molecule has 1 fully saturated rings. The van der Waals surface area contributed by atoms with Gasteiger partial charge in [-0.2, -0.15) is 0 Å². The predicted octanol–water partition coefficient (Wildman–Crippen LogP) is 1.61. The van der Waals surface area contributed by atoms with E-state index in [-0.39, 0.29) is 24.2 Å². The molecule has 1 N–H and O–H groups in total. The lowest BCUT2D eigenvalue weighted by molar-refractivity contribution is -0.131. The third-order valence-electron chi connectivity index (χ3n) is 3.67. The first kappa shape index (κ1) is 14.0. The Kier molecular flexibility index (Phi) is 4.15. The number of nitrogens with zero attached hydrogens (tertiary/aromatic N) is 1. The first-order chi connectivity index (χ1) is 10.2. The highest BCUT2D eigenvalue weighted by Gasteiger charge is 2.30. The van der Waals surface area contributed by atoms with E-state index in [9.17, 15) is 9.18 Å². The number of hydrogen-bond acceptors (Lipinski definition) is 4. The zero-order valence-electron chi connectivity index (χ0n) is 11.5. The van der Waals surface area contributed by atoms with E-state index in [1.54, 1.807) is 18.2 Å². The van der Waals surface area contributed by atoms with Gasteiger partial charge in [-0.15, -0.1) is 0 Å². The highest BCUT2D eigenvalue weighted by molar-refractivity contribution is 6.04. The second-order valence-corrected chi connectivity index (χ2v) is 5.20. The monoisotopic (exact) mass is 292 g/mol. The Morgan fingerprint density at radius 2 is 2.29 bits per heavy atom. The van der Waals surface area contributed by atoms with Gasteiger partial charge in [0.05, 0.1) is 11.8 Å². The van der Waals surface area contributed by atoms with E-state index in [1.807, 2.05) is 0 Å². The fourth-order valence-corrected chi connectivity index (χ4v) is 2.51. The fraction of sp³-hybridized carbons (Fsp3) is 0.467. The van der Waals surface area contributed by atoms with Gasteiger partial charge in [-0.25, -0.2) is 4.39 Å². The van der Waals surface area contributed by atoms with Crippen LogP contribution in [0.25, 0.3) is 0 Å². The molecule has 2 heterocycles. The summed E-state index contributed by atoms with van der Waals surface area (Å²) in [6.45, 7) is 1.23. The van der Waals surface area contributed by atoms with E-state index in [1.165, 1.54) is 6.07 Å². The molecular weight excluding hydrogens is 275 g/mol. The van der Waals surface area contributed by atoms with E-state index in [0.29, 0.717) is 17.8 Å². The molecule has 1 aromatic carbocycles. The van der Waals surface area contributed by atoms with Crippen molar-refractivity contribution in [1.82, 2.24) is 5.32 Å². The molecule has 2 aliphatic rings. The van der Waals surface area contributed by atoms with Gasteiger partial charge in [0.15, 0.2) is 0 Å². The maximum atomic E-state index is 13.7. The van der Waals surface area contributed by atoms with Crippen molar-refractivity contribution in [2.45, 2.75) is 31.5 Å². The molecule has 0 aliphatic carbocycles. The van der Waals surface area contributed by atoms with Crippen LogP contribution >= 0.6 is 0 Å². The Hall–Kier alpha value is -1.95. The van der Waals surface area contributed by atoms with Crippen LogP contribution in [0.3, 0.4) is 0 Å². The lowest BCUT2D eigenvalue weighted by atomic mass is 10.0. The summed E-state index contributed by atoms with van der Waals surface area (Å²) in [6, 6.07) is 6.33. The van der Waals surface area contributed by atoms with Crippen molar-refractivity contribution in [3.63, 3.8) is 0 Å². The van der Waals surface area contributed by atoms with Gasteiger partial charge in [-0.3, -0.25) is 4.79 Å². The van der Waals surface area contributed by atoms with Gasteiger partial charge in [0, 0.05) is 25.1 Å². The molecule has 21 heavy (non-hydrogen) atoms. The Labute approximate surface area is 122 Å². The topological polar surface area (TPSA) is 59.9 Å². The summed E-state index contributed by atoms with van der Waals surface area (Å²) in [5.74, 6) is -0.596. The average Bonchev–Trinajstić information content (AvgIpc) is 3.17. The quantitative estimate of drug-likeness (QED) is 0.917. The maximum Gasteiger partial charge on any atom is 0.264 e. The number of halogens is 1. The molecule has 2 aliphatic heterocycles. The van der Waals surface area contributed by atoms with Crippen molar-refractivity contribution in [3.05, 3.63) is 35.6 Å². The van der Waals surface area contributed by atoms with Crippen molar-refractivity contribution in [1.29, 1.82) is 0 Å². The van der Waals surface area contributed by atoms with Crippen LogP contribution in [0, 0.1) is 5.82 Å². The van der Waals surface area contributed by atoms with Crippen molar-refractivity contribution >= 4 is 11.6 Å². The fourth-order valence-electron chi connectivity index (χ4n) is 2.51. The standard InChI is InChI=1S/C15H17FN2O3/c16-12-6-2-1-5-11(12)13-8-14(21-18-13)15(19)17-9-10-4-3-7-20-10/h1-2,5-6,10,14H,3-4,7-9H2,(H,17,19). The summed E-state index contributed by atoms with van der Waals surface area (Å²) in [4.78, 5) is 17.1. The Bertz CT molecular complexity index is 556. The van der Waals surface area contributed by atoms with Crippen molar-refractivity contribution in [2.24, 2.45) is 5.16 Å². The minimum Gasteiger partial charge on any atom is -0.382 e. The second-order valence-electron chi connectivity index (χ2n) is 5.20. The van der Waals surface area contributed by atoms with Gasteiger partial charge >= 0.3 is 0 Å². The lowest BCUT2D eigenvalue weighted by Crippen LogP contribution is -2.39. The number of benzene rings is 1. The largest absolute Gasteiger partial charge is 0.382 e. The molecule has 6 heteroatoms. The molecule has 0 radical (unpaired) electrons. The van der Waals surface area contributed by atoms with E-state index < -0.39 is 6.10 Å². The Morgan fingerprint density at radius 1 is 1.43 bits per heavy atom. The third-order valence-corrected chi connectivity index (χ3v) is 3.67. The number of nitrogens with one attached hydrogen (secondary N) is 1. The number of carbonyl (C=O) groups is 1. The van der Waals surface area contributed by atoms with Gasteiger partial charge < -0.3 is 14.9 Å². The first-order valence-corrected chi connectivity index (χ1v) is 7.11. The van der Waals surface area contributed by atoms with E-state index in [2.05, 4.69) is 10.5 Å². The molecule has 3 rings (SSSR count). The van der Waals surface area contributed by atoms with Crippen molar-refractivity contribution in [2.75, 3.05) is 13.2 Å². The van der Waals surface area contributed by atoms with Crippen LogP contribution in [0.1, 0.15) is 24.8 Å².